The minimum atomic E-state index is -4.59. The number of hydrogen-bond acceptors (Lipinski definition) is 7. The van der Waals surface area contributed by atoms with Crippen LogP contribution in [-0.4, -0.2) is 34.6 Å². The summed E-state index contributed by atoms with van der Waals surface area (Å²) < 4.78 is 46.4. The lowest BCUT2D eigenvalue weighted by Crippen LogP contribution is -2.33. The van der Waals surface area contributed by atoms with Gasteiger partial charge in [-0.25, -0.2) is 4.90 Å². The topological polar surface area (TPSA) is 97.7 Å². The first-order chi connectivity index (χ1) is 21.0. The molecule has 0 spiro atoms. The highest BCUT2D eigenvalue weighted by Gasteiger charge is 2.57. The summed E-state index contributed by atoms with van der Waals surface area (Å²) in [6, 6.07) is 18.3. The Balaban J connectivity index is 1.40. The van der Waals surface area contributed by atoms with Crippen molar-refractivity contribution in [2.24, 2.45) is 5.92 Å². The fourth-order valence-electron chi connectivity index (χ4n) is 5.58. The molecule has 1 aromatic heterocycles. The maximum atomic E-state index is 14.0. The van der Waals surface area contributed by atoms with Gasteiger partial charge in [-0.15, -0.1) is 0 Å². The number of aromatic nitrogens is 1. The van der Waals surface area contributed by atoms with E-state index >= 15 is 0 Å². The van der Waals surface area contributed by atoms with Gasteiger partial charge >= 0.3 is 11.0 Å². The van der Waals surface area contributed by atoms with Gasteiger partial charge in [0.05, 0.1) is 29.3 Å². The highest BCUT2D eigenvalue weighted by atomic mass is 32.2. The van der Waals surface area contributed by atoms with E-state index in [1.807, 2.05) is 6.92 Å². The molecule has 3 amide bonds. The van der Waals surface area contributed by atoms with E-state index < -0.39 is 58.0 Å². The third-order valence-electron chi connectivity index (χ3n) is 7.59. The van der Waals surface area contributed by atoms with Crippen molar-refractivity contribution in [3.8, 4) is 5.75 Å². The molecule has 0 bridgehead atoms. The molecule has 2 unspecified atom stereocenters. The van der Waals surface area contributed by atoms with Gasteiger partial charge in [0, 0.05) is 22.0 Å². The minimum Gasteiger partial charge on any atom is -0.496 e. The highest BCUT2D eigenvalue weighted by Crippen LogP contribution is 2.55. The predicted octanol–water partition coefficient (Wildman–Crippen LogP) is 5.68. The summed E-state index contributed by atoms with van der Waals surface area (Å²) in [4.78, 5) is 55.4. The van der Waals surface area contributed by atoms with E-state index in [9.17, 15) is 32.3 Å². The fourth-order valence-corrected chi connectivity index (χ4v) is 8.34. The lowest BCUT2D eigenvalue weighted by molar-refractivity contribution is -0.137. The number of methoxy groups -OCH3 is 1. The Morgan fingerprint density at radius 3 is 2.41 bits per heavy atom. The number of para-hydroxylation sites is 1. The zero-order valence-corrected chi connectivity index (χ0v) is 24.9. The van der Waals surface area contributed by atoms with Gasteiger partial charge in [-0.1, -0.05) is 65.1 Å². The summed E-state index contributed by atoms with van der Waals surface area (Å²) in [5.41, 5.74) is 0.998. The smallest absolute Gasteiger partial charge is 0.416 e. The van der Waals surface area contributed by atoms with Crippen molar-refractivity contribution in [2.45, 2.75) is 35.8 Å². The Labute approximate surface area is 257 Å². The number of imide groups is 1. The SMILES string of the molecule is COc1ccccc1[C@H]1c2sc(=O)n(CC(=O)Nc3cccc(C(F)(F)F)c3)c2SC2C(=O)N(c3ccc(C)cc3)C(=O)C21. The second-order valence-corrected chi connectivity index (χ2v) is 12.5. The number of thiazole rings is 1. The highest BCUT2D eigenvalue weighted by molar-refractivity contribution is 8.00. The third-order valence-corrected chi connectivity index (χ3v) is 10.2. The van der Waals surface area contributed by atoms with E-state index in [4.69, 9.17) is 4.74 Å². The van der Waals surface area contributed by atoms with Crippen LogP contribution in [0.3, 0.4) is 0 Å². The quantitative estimate of drug-likeness (QED) is 0.273. The Morgan fingerprint density at radius 2 is 1.70 bits per heavy atom. The molecule has 44 heavy (non-hydrogen) atoms. The molecule has 2 aliphatic heterocycles. The van der Waals surface area contributed by atoms with Crippen LogP contribution in [0.2, 0.25) is 0 Å². The van der Waals surface area contributed by atoms with E-state index in [0.29, 0.717) is 26.9 Å². The number of benzene rings is 3. The fraction of sp³-hybridized carbons (Fsp3) is 0.226. The number of anilines is 2. The molecule has 1 N–H and O–H groups in total. The number of fused-ring (bicyclic) bond motifs is 2. The second-order valence-electron chi connectivity index (χ2n) is 10.4. The summed E-state index contributed by atoms with van der Waals surface area (Å²) in [6.45, 7) is 1.39. The van der Waals surface area contributed by atoms with Gasteiger partial charge in [-0.2, -0.15) is 13.2 Å². The van der Waals surface area contributed by atoms with E-state index in [-0.39, 0.29) is 5.69 Å². The average molecular weight is 640 g/mol. The molecule has 3 aromatic carbocycles. The molecular weight excluding hydrogens is 615 g/mol. The van der Waals surface area contributed by atoms with E-state index in [2.05, 4.69) is 5.32 Å². The first kappa shape index (κ1) is 29.7. The van der Waals surface area contributed by atoms with Crippen LogP contribution in [-0.2, 0) is 27.1 Å². The van der Waals surface area contributed by atoms with Gasteiger partial charge < -0.3 is 10.1 Å². The molecule has 3 heterocycles. The van der Waals surface area contributed by atoms with Crippen LogP contribution < -0.4 is 19.8 Å². The van der Waals surface area contributed by atoms with Crippen LogP contribution in [0.25, 0.3) is 0 Å². The predicted molar refractivity (Wildman–Crippen MR) is 160 cm³/mol. The monoisotopic (exact) mass is 639 g/mol. The molecule has 4 aromatic rings. The molecule has 1 saturated heterocycles. The molecule has 0 saturated carbocycles. The third kappa shape index (κ3) is 5.19. The lowest BCUT2D eigenvalue weighted by atomic mass is 9.82. The number of amides is 3. The van der Waals surface area contributed by atoms with Crippen LogP contribution in [0.5, 0.6) is 5.75 Å². The molecule has 13 heteroatoms. The molecule has 6 rings (SSSR count). The summed E-state index contributed by atoms with van der Waals surface area (Å²) in [6.07, 6.45) is -4.59. The van der Waals surface area contributed by atoms with Crippen molar-refractivity contribution in [2.75, 3.05) is 17.3 Å². The molecule has 3 atom stereocenters. The number of ether oxygens (including phenoxy) is 1. The number of carbonyl (C=O) groups is 3. The molecule has 0 radical (unpaired) electrons. The number of carbonyl (C=O) groups excluding carboxylic acids is 3. The van der Waals surface area contributed by atoms with Crippen molar-refractivity contribution in [1.82, 2.24) is 4.57 Å². The zero-order chi connectivity index (χ0) is 31.3. The molecule has 8 nitrogen and oxygen atoms in total. The van der Waals surface area contributed by atoms with Crippen molar-refractivity contribution < 1.29 is 32.3 Å². The molecule has 0 aliphatic carbocycles. The van der Waals surface area contributed by atoms with Gasteiger partial charge in [0.15, 0.2) is 0 Å². The van der Waals surface area contributed by atoms with Crippen LogP contribution in [0.4, 0.5) is 24.5 Å². The van der Waals surface area contributed by atoms with Crippen LogP contribution in [0.15, 0.2) is 82.6 Å². The lowest BCUT2D eigenvalue weighted by Gasteiger charge is -2.31. The van der Waals surface area contributed by atoms with E-state index in [1.165, 1.54) is 28.7 Å². The standard InChI is InChI=1S/C31H24F3N3O5S2/c1-16-10-12-19(13-11-16)37-27(39)24-23(20-8-3-4-9-21(20)42-2)26-29(43-25(24)28(37)40)36(30(41)44-26)15-22(38)35-18-7-5-6-17(14-18)31(32,33)34/h3-14,23-25H,15H2,1-2H3,(H,35,38)/t23-,24?,25?/m1/s1. The number of nitrogens with one attached hydrogen (secondary N) is 1. The summed E-state index contributed by atoms with van der Waals surface area (Å²) in [7, 11) is 1.49. The maximum absolute atomic E-state index is 14.0. The van der Waals surface area contributed by atoms with E-state index in [0.717, 1.165) is 40.8 Å². The Hall–Kier alpha value is -4.36. The van der Waals surface area contributed by atoms with Gasteiger partial charge in [0.2, 0.25) is 17.7 Å². The molecular formula is C31H24F3N3O5S2. The molecule has 1 fully saturated rings. The van der Waals surface area contributed by atoms with Gasteiger partial charge in [-0.3, -0.25) is 23.7 Å². The Morgan fingerprint density at radius 1 is 0.977 bits per heavy atom. The number of rotatable bonds is 6. The molecule has 226 valence electrons. The summed E-state index contributed by atoms with van der Waals surface area (Å²) >= 11 is 1.91. The second kappa shape index (κ2) is 11.3. The summed E-state index contributed by atoms with van der Waals surface area (Å²) in [5, 5.41) is 1.88. The minimum absolute atomic E-state index is 0.0770. The van der Waals surface area contributed by atoms with Crippen molar-refractivity contribution in [3.05, 3.63) is 104 Å². The van der Waals surface area contributed by atoms with E-state index in [1.54, 1.807) is 48.5 Å². The maximum Gasteiger partial charge on any atom is 0.416 e. The number of hydrogen-bond donors (Lipinski definition) is 1. The zero-order valence-electron chi connectivity index (χ0n) is 23.3. The first-order valence-electron chi connectivity index (χ1n) is 13.4. The van der Waals surface area contributed by atoms with Crippen LogP contribution >= 0.6 is 23.1 Å². The number of nitrogens with zero attached hydrogens (tertiary/aromatic N) is 2. The largest absolute Gasteiger partial charge is 0.496 e. The van der Waals surface area contributed by atoms with Gasteiger partial charge in [0.1, 0.15) is 17.5 Å². The normalized spacial score (nSPS) is 19.5. The number of aryl methyl sites for hydroxylation is 1. The first-order valence-corrected chi connectivity index (χ1v) is 15.1. The number of thioether (sulfide) groups is 1. The van der Waals surface area contributed by atoms with Crippen molar-refractivity contribution in [3.63, 3.8) is 0 Å². The van der Waals surface area contributed by atoms with Crippen molar-refractivity contribution >= 4 is 52.2 Å². The Kier molecular flexibility index (Phi) is 7.62. The molecule has 2 aliphatic rings. The van der Waals surface area contributed by atoms with Crippen molar-refractivity contribution in [1.29, 1.82) is 0 Å². The average Bonchev–Trinajstić information content (AvgIpc) is 3.43. The van der Waals surface area contributed by atoms with Crippen LogP contribution in [0.1, 0.15) is 27.5 Å². The van der Waals surface area contributed by atoms with Gasteiger partial charge in [0.25, 0.3) is 0 Å². The van der Waals surface area contributed by atoms with Crippen LogP contribution in [0, 0.1) is 12.8 Å². The summed E-state index contributed by atoms with van der Waals surface area (Å²) in [5.74, 6) is -2.70. The Bertz CT molecular complexity index is 1850. The number of alkyl halides is 3. The van der Waals surface area contributed by atoms with Gasteiger partial charge in [-0.05, 0) is 43.3 Å². The number of halogens is 3.